The van der Waals surface area contributed by atoms with E-state index in [1.807, 2.05) is 25.1 Å². The highest BCUT2D eigenvalue weighted by molar-refractivity contribution is 9.10. The molecule has 1 N–H and O–H groups in total. The monoisotopic (exact) mass is 305 g/mol. The summed E-state index contributed by atoms with van der Waals surface area (Å²) in [6.07, 6.45) is 1.25. The lowest BCUT2D eigenvalue weighted by molar-refractivity contribution is 0.596. The zero-order chi connectivity index (χ0) is 12.2. The average molecular weight is 306 g/mol. The fourth-order valence-corrected chi connectivity index (χ4v) is 2.42. The average Bonchev–Trinajstić information content (AvgIpc) is 2.13. The summed E-state index contributed by atoms with van der Waals surface area (Å²) >= 11 is 3.48. The van der Waals surface area contributed by atoms with Gasteiger partial charge in [-0.25, -0.2) is 8.42 Å². The van der Waals surface area contributed by atoms with Crippen LogP contribution in [-0.4, -0.2) is 27.0 Å². The molecule has 0 bridgehead atoms. The Hall–Kier alpha value is -0.390. The van der Waals surface area contributed by atoms with Gasteiger partial charge in [0.2, 0.25) is 0 Å². The highest BCUT2D eigenvalue weighted by Gasteiger charge is 2.02. The van der Waals surface area contributed by atoms with Crippen molar-refractivity contribution in [3.05, 3.63) is 33.8 Å². The minimum absolute atomic E-state index is 0.177. The van der Waals surface area contributed by atoms with E-state index in [0.29, 0.717) is 13.1 Å². The first-order valence-electron chi connectivity index (χ1n) is 5.02. The van der Waals surface area contributed by atoms with Gasteiger partial charge in [0.05, 0.1) is 5.75 Å². The first kappa shape index (κ1) is 13.7. The molecule has 0 heterocycles. The zero-order valence-corrected chi connectivity index (χ0v) is 11.9. The number of sulfone groups is 1. The predicted molar refractivity (Wildman–Crippen MR) is 70.3 cm³/mol. The molecule has 0 unspecified atom stereocenters. The number of hydrogen-bond acceptors (Lipinski definition) is 3. The molecule has 0 spiro atoms. The third-order valence-electron chi connectivity index (χ3n) is 2.17. The van der Waals surface area contributed by atoms with Gasteiger partial charge in [-0.15, -0.1) is 0 Å². The lowest BCUT2D eigenvalue weighted by Crippen LogP contribution is -2.22. The number of hydrogen-bond donors (Lipinski definition) is 1. The van der Waals surface area contributed by atoms with Gasteiger partial charge in [-0.05, 0) is 24.1 Å². The second kappa shape index (κ2) is 5.80. The van der Waals surface area contributed by atoms with Crippen LogP contribution in [0.3, 0.4) is 0 Å². The van der Waals surface area contributed by atoms with E-state index in [-0.39, 0.29) is 5.75 Å². The molecule has 0 saturated carbocycles. The van der Waals surface area contributed by atoms with E-state index in [4.69, 9.17) is 0 Å². The van der Waals surface area contributed by atoms with Gasteiger partial charge >= 0.3 is 0 Å². The molecule has 1 rings (SSSR count). The van der Waals surface area contributed by atoms with Crippen molar-refractivity contribution in [3.8, 4) is 0 Å². The van der Waals surface area contributed by atoms with Gasteiger partial charge in [-0.2, -0.15) is 0 Å². The quantitative estimate of drug-likeness (QED) is 0.845. The number of nitrogens with one attached hydrogen (secondary N) is 1. The molecular weight excluding hydrogens is 290 g/mol. The van der Waals surface area contributed by atoms with Crippen molar-refractivity contribution in [2.75, 3.05) is 18.6 Å². The van der Waals surface area contributed by atoms with Gasteiger partial charge in [0.15, 0.2) is 0 Å². The van der Waals surface area contributed by atoms with Crippen LogP contribution in [-0.2, 0) is 16.4 Å². The van der Waals surface area contributed by atoms with E-state index >= 15 is 0 Å². The molecule has 1 aromatic rings. The van der Waals surface area contributed by atoms with Crippen LogP contribution in [0.2, 0.25) is 0 Å². The first-order valence-corrected chi connectivity index (χ1v) is 7.87. The Bertz CT molecular complexity index is 457. The van der Waals surface area contributed by atoms with Gasteiger partial charge in [0, 0.05) is 23.8 Å². The topological polar surface area (TPSA) is 46.2 Å². The maximum absolute atomic E-state index is 10.9. The van der Waals surface area contributed by atoms with Crippen molar-refractivity contribution in [1.29, 1.82) is 0 Å². The highest BCUT2D eigenvalue weighted by atomic mass is 79.9. The van der Waals surface area contributed by atoms with Crippen LogP contribution in [0.5, 0.6) is 0 Å². The Balaban J connectivity index is 2.43. The van der Waals surface area contributed by atoms with Crippen LogP contribution in [0.15, 0.2) is 22.7 Å². The van der Waals surface area contributed by atoms with E-state index in [0.717, 1.165) is 10.0 Å². The molecule has 0 saturated heterocycles. The molecule has 0 radical (unpaired) electrons. The Morgan fingerprint density at radius 3 is 2.62 bits per heavy atom. The largest absolute Gasteiger partial charge is 0.312 e. The summed E-state index contributed by atoms with van der Waals surface area (Å²) in [6, 6.07) is 6.12. The van der Waals surface area contributed by atoms with Gasteiger partial charge in [0.1, 0.15) is 9.84 Å². The van der Waals surface area contributed by atoms with Gasteiger partial charge in [0.25, 0.3) is 0 Å². The number of rotatable bonds is 5. The predicted octanol–water partition coefficient (Wildman–Crippen LogP) is 1.89. The summed E-state index contributed by atoms with van der Waals surface area (Å²) in [4.78, 5) is 0. The molecule has 0 atom stereocenters. The minimum atomic E-state index is -2.87. The molecule has 0 aromatic heterocycles. The minimum Gasteiger partial charge on any atom is -0.312 e. The van der Waals surface area contributed by atoms with Crippen molar-refractivity contribution in [3.63, 3.8) is 0 Å². The SMILES string of the molecule is Cc1ccc(CNCCS(C)(=O)=O)c(Br)c1. The van der Waals surface area contributed by atoms with E-state index < -0.39 is 9.84 Å². The first-order chi connectivity index (χ1) is 7.38. The number of aryl methyl sites for hydroxylation is 1. The van der Waals surface area contributed by atoms with Gasteiger partial charge in [-0.1, -0.05) is 28.1 Å². The van der Waals surface area contributed by atoms with Gasteiger partial charge in [-0.3, -0.25) is 0 Å². The summed E-state index contributed by atoms with van der Waals surface area (Å²) in [5.41, 5.74) is 2.34. The number of halogens is 1. The second-order valence-corrected chi connectivity index (χ2v) is 7.02. The summed E-state index contributed by atoms with van der Waals surface area (Å²) in [6.45, 7) is 3.20. The second-order valence-electron chi connectivity index (χ2n) is 3.90. The van der Waals surface area contributed by atoms with E-state index in [1.165, 1.54) is 11.8 Å². The summed E-state index contributed by atoms with van der Waals surface area (Å²) in [7, 11) is -2.87. The molecule has 16 heavy (non-hydrogen) atoms. The molecule has 90 valence electrons. The third kappa shape index (κ3) is 5.09. The fourth-order valence-electron chi connectivity index (χ4n) is 1.28. The van der Waals surface area contributed by atoms with Crippen LogP contribution in [0.1, 0.15) is 11.1 Å². The van der Waals surface area contributed by atoms with Crippen LogP contribution in [0.25, 0.3) is 0 Å². The third-order valence-corrected chi connectivity index (χ3v) is 3.86. The molecule has 0 fully saturated rings. The molecule has 0 aliphatic carbocycles. The molecule has 1 aromatic carbocycles. The standard InChI is InChI=1S/C11H16BrNO2S/c1-9-3-4-10(11(12)7-9)8-13-5-6-16(2,14)15/h3-4,7,13H,5-6,8H2,1-2H3. The van der Waals surface area contributed by atoms with Crippen molar-refractivity contribution >= 4 is 25.8 Å². The van der Waals surface area contributed by atoms with Crippen molar-refractivity contribution in [2.45, 2.75) is 13.5 Å². The van der Waals surface area contributed by atoms with Gasteiger partial charge < -0.3 is 5.32 Å². The number of benzene rings is 1. The van der Waals surface area contributed by atoms with Crippen LogP contribution < -0.4 is 5.32 Å². The lowest BCUT2D eigenvalue weighted by Gasteiger charge is -2.07. The van der Waals surface area contributed by atoms with Crippen LogP contribution >= 0.6 is 15.9 Å². The van der Waals surface area contributed by atoms with Crippen LogP contribution in [0, 0.1) is 6.92 Å². The van der Waals surface area contributed by atoms with E-state index in [1.54, 1.807) is 0 Å². The molecule has 0 aliphatic rings. The summed E-state index contributed by atoms with van der Waals surface area (Å²) < 4.78 is 22.9. The lowest BCUT2D eigenvalue weighted by atomic mass is 10.1. The van der Waals surface area contributed by atoms with Crippen molar-refractivity contribution in [2.24, 2.45) is 0 Å². The smallest absolute Gasteiger partial charge is 0.148 e. The Kier molecular flexibility index (Phi) is 4.95. The van der Waals surface area contributed by atoms with Crippen LogP contribution in [0.4, 0.5) is 0 Å². The maximum atomic E-state index is 10.9. The Labute approximate surface area is 105 Å². The Morgan fingerprint density at radius 1 is 1.38 bits per heavy atom. The maximum Gasteiger partial charge on any atom is 0.148 e. The van der Waals surface area contributed by atoms with Crippen molar-refractivity contribution in [1.82, 2.24) is 5.32 Å². The molecule has 3 nitrogen and oxygen atoms in total. The Morgan fingerprint density at radius 2 is 2.06 bits per heavy atom. The highest BCUT2D eigenvalue weighted by Crippen LogP contribution is 2.17. The van der Waals surface area contributed by atoms with Crippen molar-refractivity contribution < 1.29 is 8.42 Å². The summed E-state index contributed by atoms with van der Waals surface area (Å²) in [5, 5.41) is 3.11. The summed E-state index contributed by atoms with van der Waals surface area (Å²) in [5.74, 6) is 0.177. The normalized spacial score (nSPS) is 11.7. The molecule has 0 amide bonds. The zero-order valence-electron chi connectivity index (χ0n) is 9.46. The van der Waals surface area contributed by atoms with E-state index in [9.17, 15) is 8.42 Å². The molecule has 5 heteroatoms. The fraction of sp³-hybridized carbons (Fsp3) is 0.455. The van der Waals surface area contributed by atoms with E-state index in [2.05, 4.69) is 21.2 Å². The molecular formula is C11H16BrNO2S. The molecule has 0 aliphatic heterocycles.